The van der Waals surface area contributed by atoms with Gasteiger partial charge in [-0.2, -0.15) is 14.6 Å². The number of hydrazone groups is 1. The van der Waals surface area contributed by atoms with Crippen LogP contribution in [0.25, 0.3) is 11.0 Å². The van der Waals surface area contributed by atoms with Crippen LogP contribution in [0, 0.1) is 24.3 Å². The number of rotatable bonds is 4. The van der Waals surface area contributed by atoms with Crippen molar-refractivity contribution in [2.45, 2.75) is 13.8 Å². The fraction of sp³-hybridized carbons (Fsp3) is 0.200. The zero-order valence-corrected chi connectivity index (χ0v) is 13.7. The second-order valence-corrected chi connectivity index (χ2v) is 5.28. The number of aromatic nitrogens is 2. The third kappa shape index (κ3) is 3.54. The van der Waals surface area contributed by atoms with Crippen LogP contribution in [0.5, 0.6) is 0 Å². The lowest BCUT2D eigenvalue weighted by molar-refractivity contribution is -0.638. The maximum Gasteiger partial charge on any atom is 0.290 e. The molecule has 8 heteroatoms. The number of hydrogen-bond acceptors (Lipinski definition) is 4. The molecule has 0 fully saturated rings. The number of benzene rings is 1. The summed E-state index contributed by atoms with van der Waals surface area (Å²) in [5.41, 5.74) is 4.68. The SMILES string of the molecule is C=CCNC(=S)N/N=C/c1ccc2c(c1)[n+]([O-])c(C)c(C)[n+]2[O-]. The van der Waals surface area contributed by atoms with Crippen LogP contribution in [0.4, 0.5) is 0 Å². The van der Waals surface area contributed by atoms with Gasteiger partial charge in [-0.1, -0.05) is 6.08 Å². The second kappa shape index (κ2) is 7.01. The van der Waals surface area contributed by atoms with Gasteiger partial charge in [-0.15, -0.1) is 6.58 Å². The monoisotopic (exact) mass is 331 g/mol. The standard InChI is InChI=1S/C15H17N5O2S/c1-4-7-16-15(23)18-17-9-12-5-6-13-14(8-12)20(22)11(3)10(2)19(13)21/h4-6,8-9H,1,7H2,2-3H3,(H2,16,18,23)/b17-9+. The van der Waals surface area contributed by atoms with Crippen LogP contribution in [0.15, 0.2) is 36.0 Å². The van der Waals surface area contributed by atoms with Crippen LogP contribution < -0.4 is 20.2 Å². The molecule has 0 radical (unpaired) electrons. The highest BCUT2D eigenvalue weighted by Crippen LogP contribution is 2.10. The highest BCUT2D eigenvalue weighted by Gasteiger charge is 2.21. The van der Waals surface area contributed by atoms with Gasteiger partial charge in [-0.05, 0) is 18.3 Å². The van der Waals surface area contributed by atoms with E-state index in [1.807, 2.05) is 0 Å². The van der Waals surface area contributed by atoms with E-state index >= 15 is 0 Å². The van der Waals surface area contributed by atoms with Crippen molar-refractivity contribution in [1.82, 2.24) is 10.7 Å². The lowest BCUT2D eigenvalue weighted by Crippen LogP contribution is -2.43. The number of fused-ring (bicyclic) bond motifs is 1. The van der Waals surface area contributed by atoms with Gasteiger partial charge in [0.2, 0.25) is 0 Å². The van der Waals surface area contributed by atoms with Crippen LogP contribution in [-0.4, -0.2) is 17.9 Å². The molecule has 120 valence electrons. The van der Waals surface area contributed by atoms with Crippen molar-refractivity contribution in [2.24, 2.45) is 5.10 Å². The molecule has 2 N–H and O–H groups in total. The summed E-state index contributed by atoms with van der Waals surface area (Å²) in [6.07, 6.45) is 3.20. The summed E-state index contributed by atoms with van der Waals surface area (Å²) in [4.78, 5) is 0. The third-order valence-corrected chi connectivity index (χ3v) is 3.59. The molecule has 0 unspecified atom stereocenters. The van der Waals surface area contributed by atoms with Gasteiger partial charge in [0.25, 0.3) is 22.4 Å². The van der Waals surface area contributed by atoms with E-state index in [-0.39, 0.29) is 0 Å². The zero-order chi connectivity index (χ0) is 17.0. The molecule has 1 heterocycles. The highest BCUT2D eigenvalue weighted by atomic mass is 32.1. The van der Waals surface area contributed by atoms with Crippen molar-refractivity contribution in [3.05, 3.63) is 58.2 Å². The molecule has 0 aliphatic heterocycles. The summed E-state index contributed by atoms with van der Waals surface area (Å²) in [7, 11) is 0. The molecule has 2 aromatic rings. The lowest BCUT2D eigenvalue weighted by Gasteiger charge is -2.09. The normalized spacial score (nSPS) is 10.9. The number of hydrogen-bond donors (Lipinski definition) is 2. The summed E-state index contributed by atoms with van der Waals surface area (Å²) in [5, 5.41) is 31.5. The van der Waals surface area contributed by atoms with E-state index in [1.54, 1.807) is 38.1 Å². The van der Waals surface area contributed by atoms with Crippen molar-refractivity contribution in [1.29, 1.82) is 0 Å². The largest absolute Gasteiger partial charge is 0.618 e. The Morgan fingerprint density at radius 2 is 1.91 bits per heavy atom. The fourth-order valence-electron chi connectivity index (χ4n) is 1.98. The zero-order valence-electron chi connectivity index (χ0n) is 12.9. The van der Waals surface area contributed by atoms with Gasteiger partial charge >= 0.3 is 0 Å². The average Bonchev–Trinajstić information content (AvgIpc) is 2.56. The Balaban J connectivity index is 2.27. The molecule has 0 aliphatic rings. The molecule has 0 amide bonds. The molecule has 1 aromatic heterocycles. The Morgan fingerprint density at radius 3 is 2.57 bits per heavy atom. The molecular weight excluding hydrogens is 314 g/mol. The Hall–Kier alpha value is -2.74. The minimum absolute atomic E-state index is 0.291. The minimum Gasteiger partial charge on any atom is -0.618 e. The van der Waals surface area contributed by atoms with Crippen molar-refractivity contribution in [2.75, 3.05) is 6.54 Å². The molecule has 1 aromatic carbocycles. The van der Waals surface area contributed by atoms with E-state index in [4.69, 9.17) is 12.2 Å². The summed E-state index contributed by atoms with van der Waals surface area (Å²) in [5.74, 6) is 0. The number of nitrogens with one attached hydrogen (secondary N) is 2. The first-order chi connectivity index (χ1) is 11.0. The molecular formula is C15H17N5O2S. The molecule has 0 spiro atoms. The lowest BCUT2D eigenvalue weighted by atomic mass is 10.2. The summed E-state index contributed by atoms with van der Waals surface area (Å²) in [6, 6.07) is 4.91. The first-order valence-electron chi connectivity index (χ1n) is 6.89. The van der Waals surface area contributed by atoms with Crippen LogP contribution in [0.1, 0.15) is 17.0 Å². The van der Waals surface area contributed by atoms with Crippen LogP contribution in [0.3, 0.4) is 0 Å². The molecule has 2 rings (SSSR count). The van der Waals surface area contributed by atoms with Gasteiger partial charge in [-0.3, -0.25) is 5.43 Å². The predicted molar refractivity (Wildman–Crippen MR) is 92.9 cm³/mol. The van der Waals surface area contributed by atoms with Crippen LogP contribution in [-0.2, 0) is 0 Å². The Morgan fingerprint density at radius 1 is 1.26 bits per heavy atom. The predicted octanol–water partition coefficient (Wildman–Crippen LogP) is 0.707. The fourth-order valence-corrected chi connectivity index (χ4v) is 2.12. The molecule has 7 nitrogen and oxygen atoms in total. The molecule has 0 atom stereocenters. The van der Waals surface area contributed by atoms with E-state index in [9.17, 15) is 10.4 Å². The maximum atomic E-state index is 12.2. The van der Waals surface area contributed by atoms with Crippen molar-refractivity contribution in [3.8, 4) is 0 Å². The van der Waals surface area contributed by atoms with Gasteiger partial charge in [0, 0.05) is 38.1 Å². The highest BCUT2D eigenvalue weighted by molar-refractivity contribution is 7.80. The Bertz CT molecular complexity index is 804. The van der Waals surface area contributed by atoms with Crippen molar-refractivity contribution < 1.29 is 9.46 Å². The van der Waals surface area contributed by atoms with Crippen molar-refractivity contribution in [3.63, 3.8) is 0 Å². The molecule has 0 saturated carbocycles. The quantitative estimate of drug-likeness (QED) is 0.215. The van der Waals surface area contributed by atoms with Gasteiger partial charge < -0.3 is 15.7 Å². The van der Waals surface area contributed by atoms with E-state index in [2.05, 4.69) is 22.4 Å². The third-order valence-electron chi connectivity index (χ3n) is 3.36. The smallest absolute Gasteiger partial charge is 0.290 e. The first kappa shape index (κ1) is 16.6. The van der Waals surface area contributed by atoms with E-state index in [1.165, 1.54) is 6.21 Å². The second-order valence-electron chi connectivity index (χ2n) is 4.88. The Labute approximate surface area is 139 Å². The topological polar surface area (TPSA) is 90.3 Å². The van der Waals surface area contributed by atoms with E-state index in [0.717, 1.165) is 9.46 Å². The first-order valence-corrected chi connectivity index (χ1v) is 7.30. The van der Waals surface area contributed by atoms with Crippen molar-refractivity contribution >= 4 is 34.6 Å². The maximum absolute atomic E-state index is 12.2. The number of nitrogens with zero attached hydrogens (tertiary/aromatic N) is 3. The molecule has 0 saturated heterocycles. The summed E-state index contributed by atoms with van der Waals surface area (Å²) < 4.78 is 1.51. The average molecular weight is 331 g/mol. The van der Waals surface area contributed by atoms with Gasteiger partial charge in [0.05, 0.1) is 6.21 Å². The van der Waals surface area contributed by atoms with Gasteiger partial charge in [0.15, 0.2) is 5.11 Å². The molecule has 0 aliphatic carbocycles. The summed E-state index contributed by atoms with van der Waals surface area (Å²) >= 11 is 5.00. The van der Waals surface area contributed by atoms with E-state index in [0.29, 0.717) is 39.6 Å². The van der Waals surface area contributed by atoms with E-state index < -0.39 is 0 Å². The molecule has 0 bridgehead atoms. The number of thiocarbonyl (C=S) groups is 1. The van der Waals surface area contributed by atoms with Gasteiger partial charge in [-0.25, -0.2) is 0 Å². The molecule has 23 heavy (non-hydrogen) atoms. The summed E-state index contributed by atoms with van der Waals surface area (Å²) in [6.45, 7) is 7.34. The Kier molecular flexibility index (Phi) is 5.07. The van der Waals surface area contributed by atoms with Gasteiger partial charge in [0.1, 0.15) is 0 Å². The minimum atomic E-state index is 0.291. The van der Waals surface area contributed by atoms with Crippen LogP contribution in [0.2, 0.25) is 0 Å². The van der Waals surface area contributed by atoms with Crippen LogP contribution >= 0.6 is 12.2 Å².